The summed E-state index contributed by atoms with van der Waals surface area (Å²) in [6.45, 7) is -0.0192. The molecular weight excluding hydrogens is 266 g/mol. The molecule has 1 aromatic carbocycles. The number of furan rings is 1. The molecule has 1 unspecified atom stereocenters. The zero-order valence-corrected chi connectivity index (χ0v) is 11.7. The van der Waals surface area contributed by atoms with Crippen molar-refractivity contribution < 1.29 is 9.52 Å². The molecule has 0 aliphatic rings. The molecule has 5 nitrogen and oxygen atoms in total. The second-order valence-corrected chi connectivity index (χ2v) is 4.80. The largest absolute Gasteiger partial charge is 0.467 e. The Morgan fingerprint density at radius 2 is 2.14 bits per heavy atom. The lowest BCUT2D eigenvalue weighted by molar-refractivity contribution is 0.282. The number of nitrogens with one attached hydrogen (secondary N) is 1. The zero-order valence-electron chi connectivity index (χ0n) is 11.7. The number of aromatic nitrogens is 2. The Balaban J connectivity index is 1.99. The fourth-order valence-electron chi connectivity index (χ4n) is 2.33. The van der Waals surface area contributed by atoms with E-state index in [0.717, 1.165) is 22.8 Å². The first-order valence-corrected chi connectivity index (χ1v) is 6.75. The summed E-state index contributed by atoms with van der Waals surface area (Å²) < 4.78 is 7.49. The van der Waals surface area contributed by atoms with E-state index in [0.29, 0.717) is 0 Å². The average Bonchev–Trinajstić information content (AvgIpc) is 3.17. The van der Waals surface area contributed by atoms with Crippen LogP contribution in [0.5, 0.6) is 0 Å². The van der Waals surface area contributed by atoms with Gasteiger partial charge in [-0.25, -0.2) is 4.98 Å². The summed E-state index contributed by atoms with van der Waals surface area (Å²) >= 11 is 0. The zero-order chi connectivity index (χ0) is 14.7. The standard InChI is InChI=1S/C16H17N3O2/c1-19-9-8-17-16(19)15(14-7-4-10-21-14)18-13-6-3-2-5-12(13)11-20/h2-10,15,18,20H,11H2,1H3. The normalized spacial score (nSPS) is 12.3. The molecule has 2 aromatic heterocycles. The van der Waals surface area contributed by atoms with Crippen molar-refractivity contribution in [2.45, 2.75) is 12.6 Å². The molecule has 2 heterocycles. The molecule has 0 amide bonds. The van der Waals surface area contributed by atoms with Gasteiger partial charge in [-0.3, -0.25) is 0 Å². The lowest BCUT2D eigenvalue weighted by atomic mass is 10.1. The summed E-state index contributed by atoms with van der Waals surface area (Å²) in [6.07, 6.45) is 5.29. The predicted octanol–water partition coefficient (Wildman–Crippen LogP) is 2.71. The van der Waals surface area contributed by atoms with Crippen LogP contribution in [-0.2, 0) is 13.7 Å². The van der Waals surface area contributed by atoms with Gasteiger partial charge in [-0.2, -0.15) is 0 Å². The molecule has 0 fully saturated rings. The Labute approximate surface area is 122 Å². The van der Waals surface area contributed by atoms with Crippen molar-refractivity contribution in [1.82, 2.24) is 9.55 Å². The van der Waals surface area contributed by atoms with Gasteiger partial charge < -0.3 is 19.4 Å². The van der Waals surface area contributed by atoms with Gasteiger partial charge in [-0.1, -0.05) is 18.2 Å². The van der Waals surface area contributed by atoms with Crippen molar-refractivity contribution in [3.63, 3.8) is 0 Å². The van der Waals surface area contributed by atoms with E-state index in [2.05, 4.69) is 10.3 Å². The Morgan fingerprint density at radius 1 is 1.29 bits per heavy atom. The Hall–Kier alpha value is -2.53. The van der Waals surface area contributed by atoms with Gasteiger partial charge in [-0.15, -0.1) is 0 Å². The van der Waals surface area contributed by atoms with Crippen LogP contribution >= 0.6 is 0 Å². The van der Waals surface area contributed by atoms with Crippen LogP contribution in [0.3, 0.4) is 0 Å². The maximum absolute atomic E-state index is 9.46. The molecular formula is C16H17N3O2. The van der Waals surface area contributed by atoms with E-state index in [1.807, 2.05) is 54.2 Å². The lowest BCUT2D eigenvalue weighted by Gasteiger charge is -2.19. The SMILES string of the molecule is Cn1ccnc1C(Nc1ccccc1CO)c1ccco1. The molecule has 0 saturated heterocycles. The molecule has 0 radical (unpaired) electrons. The fraction of sp³-hybridized carbons (Fsp3) is 0.188. The first-order valence-electron chi connectivity index (χ1n) is 6.75. The molecule has 21 heavy (non-hydrogen) atoms. The summed E-state index contributed by atoms with van der Waals surface area (Å²) in [7, 11) is 1.94. The molecule has 2 N–H and O–H groups in total. The number of hydrogen-bond acceptors (Lipinski definition) is 4. The van der Waals surface area contributed by atoms with Crippen molar-refractivity contribution in [1.29, 1.82) is 0 Å². The van der Waals surface area contributed by atoms with Gasteiger partial charge in [0.25, 0.3) is 0 Å². The number of imidazole rings is 1. The number of anilines is 1. The van der Waals surface area contributed by atoms with Crippen molar-refractivity contribution in [2.24, 2.45) is 7.05 Å². The van der Waals surface area contributed by atoms with E-state index in [1.165, 1.54) is 0 Å². The Morgan fingerprint density at radius 3 is 2.81 bits per heavy atom. The highest BCUT2D eigenvalue weighted by molar-refractivity contribution is 5.53. The Kier molecular flexibility index (Phi) is 3.75. The van der Waals surface area contributed by atoms with Gasteiger partial charge >= 0.3 is 0 Å². The van der Waals surface area contributed by atoms with Crippen LogP contribution in [0.15, 0.2) is 59.5 Å². The summed E-state index contributed by atoms with van der Waals surface area (Å²) in [6, 6.07) is 11.2. The number of hydrogen-bond donors (Lipinski definition) is 2. The molecule has 0 spiro atoms. The molecule has 3 rings (SSSR count). The number of benzene rings is 1. The van der Waals surface area contributed by atoms with Crippen LogP contribution in [0.1, 0.15) is 23.2 Å². The van der Waals surface area contributed by atoms with Gasteiger partial charge in [0, 0.05) is 30.7 Å². The van der Waals surface area contributed by atoms with Gasteiger partial charge in [-0.05, 0) is 18.2 Å². The van der Waals surface area contributed by atoms with Crippen molar-refractivity contribution in [2.75, 3.05) is 5.32 Å². The Bertz CT molecular complexity index is 704. The number of aliphatic hydroxyl groups is 1. The monoisotopic (exact) mass is 283 g/mol. The number of para-hydroxylation sites is 1. The minimum absolute atomic E-state index is 0.0192. The minimum Gasteiger partial charge on any atom is -0.467 e. The van der Waals surface area contributed by atoms with E-state index in [-0.39, 0.29) is 12.6 Å². The molecule has 0 aliphatic carbocycles. The summed E-state index contributed by atoms with van der Waals surface area (Å²) in [5.41, 5.74) is 1.70. The second-order valence-electron chi connectivity index (χ2n) is 4.80. The van der Waals surface area contributed by atoms with Gasteiger partial charge in [0.05, 0.1) is 12.9 Å². The third kappa shape index (κ3) is 2.68. The topological polar surface area (TPSA) is 63.2 Å². The van der Waals surface area contributed by atoms with E-state index < -0.39 is 0 Å². The number of aliphatic hydroxyl groups excluding tert-OH is 1. The van der Waals surface area contributed by atoms with Gasteiger partial charge in [0.1, 0.15) is 17.6 Å². The molecule has 108 valence electrons. The highest BCUT2D eigenvalue weighted by Crippen LogP contribution is 2.27. The number of aryl methyl sites for hydroxylation is 1. The molecule has 5 heteroatoms. The maximum Gasteiger partial charge on any atom is 0.143 e. The maximum atomic E-state index is 9.46. The number of rotatable bonds is 5. The molecule has 3 aromatic rings. The van der Waals surface area contributed by atoms with Crippen LogP contribution in [0.25, 0.3) is 0 Å². The average molecular weight is 283 g/mol. The van der Waals surface area contributed by atoms with E-state index in [9.17, 15) is 5.11 Å². The molecule has 0 aliphatic heterocycles. The second kappa shape index (κ2) is 5.85. The van der Waals surface area contributed by atoms with E-state index >= 15 is 0 Å². The summed E-state index contributed by atoms with van der Waals surface area (Å²) in [4.78, 5) is 4.40. The molecule has 0 bridgehead atoms. The highest BCUT2D eigenvalue weighted by Gasteiger charge is 2.21. The smallest absolute Gasteiger partial charge is 0.143 e. The summed E-state index contributed by atoms with van der Waals surface area (Å²) in [5, 5.41) is 12.9. The van der Waals surface area contributed by atoms with Crippen molar-refractivity contribution >= 4 is 5.69 Å². The third-order valence-electron chi connectivity index (χ3n) is 3.43. The van der Waals surface area contributed by atoms with E-state index in [1.54, 1.807) is 12.5 Å². The van der Waals surface area contributed by atoms with Crippen LogP contribution in [0.2, 0.25) is 0 Å². The van der Waals surface area contributed by atoms with Crippen LogP contribution in [-0.4, -0.2) is 14.7 Å². The lowest BCUT2D eigenvalue weighted by Crippen LogP contribution is -2.17. The third-order valence-corrected chi connectivity index (χ3v) is 3.43. The van der Waals surface area contributed by atoms with Crippen LogP contribution < -0.4 is 5.32 Å². The van der Waals surface area contributed by atoms with Crippen molar-refractivity contribution in [3.8, 4) is 0 Å². The van der Waals surface area contributed by atoms with E-state index in [4.69, 9.17) is 4.42 Å². The first-order chi connectivity index (χ1) is 10.3. The van der Waals surface area contributed by atoms with Gasteiger partial charge in [0.2, 0.25) is 0 Å². The number of nitrogens with zero attached hydrogens (tertiary/aromatic N) is 2. The first kappa shape index (κ1) is 13.5. The van der Waals surface area contributed by atoms with Crippen LogP contribution in [0.4, 0.5) is 5.69 Å². The predicted molar refractivity (Wildman–Crippen MR) is 79.7 cm³/mol. The molecule has 1 atom stereocenters. The fourth-order valence-corrected chi connectivity index (χ4v) is 2.33. The quantitative estimate of drug-likeness (QED) is 0.755. The van der Waals surface area contributed by atoms with Crippen LogP contribution in [0, 0.1) is 0 Å². The summed E-state index contributed by atoms with van der Waals surface area (Å²) in [5.74, 6) is 1.62. The minimum atomic E-state index is -0.215. The molecule has 0 saturated carbocycles. The van der Waals surface area contributed by atoms with Gasteiger partial charge in [0.15, 0.2) is 0 Å². The highest BCUT2D eigenvalue weighted by atomic mass is 16.3. The van der Waals surface area contributed by atoms with Crippen molar-refractivity contribution in [3.05, 3.63) is 72.2 Å².